The Balaban J connectivity index is 1.30. The van der Waals surface area contributed by atoms with Crippen molar-refractivity contribution in [2.45, 2.75) is 103 Å². The van der Waals surface area contributed by atoms with Crippen LogP contribution in [0.25, 0.3) is 0 Å². The van der Waals surface area contributed by atoms with E-state index >= 15 is 0 Å². The second kappa shape index (κ2) is 6.79. The number of aliphatic hydroxyl groups is 1. The lowest BCUT2D eigenvalue weighted by Crippen LogP contribution is -2.58. The summed E-state index contributed by atoms with van der Waals surface area (Å²) in [5.74, 6) is 3.45. The predicted octanol–water partition coefficient (Wildman–Crippen LogP) is 4.97. The molecule has 1 spiro atoms. The maximum atomic E-state index is 14.0. The van der Waals surface area contributed by atoms with Gasteiger partial charge in [-0.15, -0.1) is 0 Å². The van der Waals surface area contributed by atoms with Crippen molar-refractivity contribution in [3.05, 3.63) is 0 Å². The van der Waals surface area contributed by atoms with Gasteiger partial charge in [0.1, 0.15) is 5.78 Å². The van der Waals surface area contributed by atoms with E-state index in [1.54, 1.807) is 0 Å². The number of aliphatic hydroxyl groups excluding tert-OH is 1. The van der Waals surface area contributed by atoms with Crippen molar-refractivity contribution in [2.75, 3.05) is 6.61 Å². The second-order valence-electron chi connectivity index (χ2n) is 13.0. The van der Waals surface area contributed by atoms with E-state index in [1.807, 2.05) is 0 Å². The lowest BCUT2D eigenvalue weighted by atomic mass is 9.44. The van der Waals surface area contributed by atoms with Crippen LogP contribution < -0.4 is 0 Å². The van der Waals surface area contributed by atoms with Crippen molar-refractivity contribution in [2.24, 2.45) is 52.3 Å². The molecular formula is C27H42O4. The van der Waals surface area contributed by atoms with Crippen LogP contribution in [0.3, 0.4) is 0 Å². The predicted molar refractivity (Wildman–Crippen MR) is 118 cm³/mol. The summed E-state index contributed by atoms with van der Waals surface area (Å²) in [5.41, 5.74) is -0.0221. The van der Waals surface area contributed by atoms with Crippen LogP contribution >= 0.6 is 0 Å². The topological polar surface area (TPSA) is 55.8 Å². The number of Topliss-reactive ketones (excluding diaryl/α,β-unsaturated/α-hetero) is 1. The lowest BCUT2D eigenvalue weighted by Gasteiger charge is -2.60. The van der Waals surface area contributed by atoms with E-state index in [0.29, 0.717) is 41.3 Å². The average molecular weight is 431 g/mol. The molecule has 4 saturated carbocycles. The van der Waals surface area contributed by atoms with Crippen LogP contribution in [-0.4, -0.2) is 35.5 Å². The van der Waals surface area contributed by atoms with Crippen molar-refractivity contribution >= 4 is 5.78 Å². The molecule has 6 rings (SSSR count). The zero-order chi connectivity index (χ0) is 21.8. The van der Waals surface area contributed by atoms with Gasteiger partial charge in [0, 0.05) is 30.1 Å². The molecule has 0 unspecified atom stereocenters. The standard InChI is InChI=1S/C27H42O4/c1-15-7-10-27(30-14-15)16(2)24-22(31-27)12-21-19-6-5-17-11-18(28)8-9-25(17,3)20(19)13-23(29)26(21,24)4/h15-22,24,28H,5-14H2,1-4H3/t15-,16-,17-,18-,19-,20+,21+,22-,24-,25-,26+,27+/m0/s1. The van der Waals surface area contributed by atoms with Gasteiger partial charge in [-0.2, -0.15) is 0 Å². The Morgan fingerprint density at radius 3 is 2.55 bits per heavy atom. The number of hydrogen-bond donors (Lipinski definition) is 1. The molecule has 4 nitrogen and oxygen atoms in total. The zero-order valence-electron chi connectivity index (χ0n) is 19.9. The third-order valence-electron chi connectivity index (χ3n) is 11.8. The largest absolute Gasteiger partial charge is 0.393 e. The number of carbonyl (C=O) groups excluding carboxylic acids is 1. The van der Waals surface area contributed by atoms with Gasteiger partial charge in [0.05, 0.1) is 18.8 Å². The Kier molecular flexibility index (Phi) is 4.62. The molecule has 0 aromatic carbocycles. The fraction of sp³-hybridized carbons (Fsp3) is 0.963. The maximum absolute atomic E-state index is 14.0. The third-order valence-corrected chi connectivity index (χ3v) is 11.8. The Morgan fingerprint density at radius 1 is 1.00 bits per heavy atom. The molecule has 1 N–H and O–H groups in total. The van der Waals surface area contributed by atoms with Crippen molar-refractivity contribution in [3.63, 3.8) is 0 Å². The fourth-order valence-corrected chi connectivity index (χ4v) is 9.93. The van der Waals surface area contributed by atoms with Crippen LogP contribution in [-0.2, 0) is 14.3 Å². The minimum absolute atomic E-state index is 0.131. The summed E-state index contributed by atoms with van der Waals surface area (Å²) in [6.07, 6.45) is 9.39. The van der Waals surface area contributed by atoms with E-state index < -0.39 is 5.79 Å². The molecule has 2 saturated heterocycles. The molecule has 0 amide bonds. The minimum atomic E-state index is -0.448. The van der Waals surface area contributed by atoms with Crippen molar-refractivity contribution in [1.82, 2.24) is 0 Å². The van der Waals surface area contributed by atoms with Crippen LogP contribution in [0.15, 0.2) is 0 Å². The first kappa shape index (κ1) is 21.1. The van der Waals surface area contributed by atoms with Crippen molar-refractivity contribution in [1.29, 1.82) is 0 Å². The first-order valence-corrected chi connectivity index (χ1v) is 13.2. The molecule has 31 heavy (non-hydrogen) atoms. The van der Waals surface area contributed by atoms with Gasteiger partial charge in [0.15, 0.2) is 5.79 Å². The van der Waals surface area contributed by atoms with Gasteiger partial charge in [0.25, 0.3) is 0 Å². The second-order valence-corrected chi connectivity index (χ2v) is 13.0. The molecule has 2 aliphatic heterocycles. The highest BCUT2D eigenvalue weighted by atomic mass is 16.7. The third kappa shape index (κ3) is 2.68. The van der Waals surface area contributed by atoms with E-state index in [1.165, 1.54) is 12.8 Å². The number of ketones is 1. The van der Waals surface area contributed by atoms with Gasteiger partial charge < -0.3 is 14.6 Å². The fourth-order valence-electron chi connectivity index (χ4n) is 9.93. The van der Waals surface area contributed by atoms with Gasteiger partial charge in [-0.05, 0) is 80.0 Å². The van der Waals surface area contributed by atoms with Crippen LogP contribution in [0.5, 0.6) is 0 Å². The monoisotopic (exact) mass is 430 g/mol. The number of fused-ring (bicyclic) bond motifs is 7. The average Bonchev–Trinajstić information content (AvgIpc) is 3.18. The van der Waals surface area contributed by atoms with Crippen LogP contribution in [0.4, 0.5) is 0 Å². The van der Waals surface area contributed by atoms with Crippen molar-refractivity contribution in [3.8, 4) is 0 Å². The van der Waals surface area contributed by atoms with Crippen LogP contribution in [0, 0.1) is 52.3 Å². The Hall–Kier alpha value is -0.450. The molecule has 0 radical (unpaired) electrons. The van der Waals surface area contributed by atoms with Gasteiger partial charge in [-0.3, -0.25) is 4.79 Å². The van der Waals surface area contributed by atoms with Crippen LogP contribution in [0.2, 0.25) is 0 Å². The molecule has 0 bridgehead atoms. The lowest BCUT2D eigenvalue weighted by molar-refractivity contribution is -0.272. The summed E-state index contributed by atoms with van der Waals surface area (Å²) in [7, 11) is 0. The normalized spacial score (nSPS) is 60.9. The van der Waals surface area contributed by atoms with E-state index in [4.69, 9.17) is 9.47 Å². The molecule has 6 aliphatic rings. The minimum Gasteiger partial charge on any atom is -0.393 e. The van der Waals surface area contributed by atoms with E-state index in [0.717, 1.165) is 51.6 Å². The highest BCUT2D eigenvalue weighted by molar-refractivity contribution is 5.87. The Labute approximate surface area is 187 Å². The van der Waals surface area contributed by atoms with Crippen LogP contribution in [0.1, 0.15) is 85.5 Å². The summed E-state index contributed by atoms with van der Waals surface area (Å²) >= 11 is 0. The Bertz CT molecular complexity index is 756. The molecule has 174 valence electrons. The van der Waals surface area contributed by atoms with Gasteiger partial charge in [0.2, 0.25) is 0 Å². The van der Waals surface area contributed by atoms with Crippen molar-refractivity contribution < 1.29 is 19.4 Å². The first-order valence-electron chi connectivity index (χ1n) is 13.2. The zero-order valence-corrected chi connectivity index (χ0v) is 19.9. The molecule has 12 atom stereocenters. The number of hydrogen-bond acceptors (Lipinski definition) is 4. The first-order chi connectivity index (χ1) is 14.7. The van der Waals surface area contributed by atoms with Gasteiger partial charge >= 0.3 is 0 Å². The maximum Gasteiger partial charge on any atom is 0.171 e. The SMILES string of the molecule is C[C@H]1CC[C@@]2(OC1)O[C@H]1C[C@@H]3[C@H]4CC[C@H]5C[C@@H](O)CC[C@]5(C)[C@@H]4CC(=O)[C@]3(C)[C@H]1[C@@H]2C. The van der Waals surface area contributed by atoms with E-state index in [2.05, 4.69) is 27.7 Å². The highest BCUT2D eigenvalue weighted by Gasteiger charge is 2.71. The number of carbonyl (C=O) groups is 1. The Morgan fingerprint density at radius 2 is 1.81 bits per heavy atom. The molecular weight excluding hydrogens is 388 g/mol. The molecule has 2 heterocycles. The van der Waals surface area contributed by atoms with Gasteiger partial charge in [-0.25, -0.2) is 0 Å². The molecule has 0 aromatic rings. The number of ether oxygens (including phenoxy) is 2. The summed E-state index contributed by atoms with van der Waals surface area (Å²) in [4.78, 5) is 14.0. The summed E-state index contributed by atoms with van der Waals surface area (Å²) in [6, 6.07) is 0. The quantitative estimate of drug-likeness (QED) is 0.589. The molecule has 6 fully saturated rings. The van der Waals surface area contributed by atoms with E-state index in [-0.39, 0.29) is 29.0 Å². The van der Waals surface area contributed by atoms with Gasteiger partial charge in [-0.1, -0.05) is 27.7 Å². The summed E-state index contributed by atoms with van der Waals surface area (Å²) < 4.78 is 13.2. The molecule has 4 aliphatic carbocycles. The summed E-state index contributed by atoms with van der Waals surface area (Å²) in [5, 5.41) is 10.3. The molecule has 4 heteroatoms. The summed E-state index contributed by atoms with van der Waals surface area (Å²) in [6.45, 7) is 10.1. The van der Waals surface area contributed by atoms with E-state index in [9.17, 15) is 9.90 Å². The number of rotatable bonds is 0. The molecule has 0 aromatic heterocycles. The highest BCUT2D eigenvalue weighted by Crippen LogP contribution is 2.70. The smallest absolute Gasteiger partial charge is 0.171 e.